The number of hydrogen-bond donors (Lipinski definition) is 1. The first kappa shape index (κ1) is 16.0. The maximum atomic E-state index is 12.4. The van der Waals surface area contributed by atoms with Crippen LogP contribution < -0.4 is 0 Å². The number of carbonyl (C=O) groups is 1. The monoisotopic (exact) mass is 290 g/mol. The summed E-state index contributed by atoms with van der Waals surface area (Å²) in [6.45, 7) is 4.68. The van der Waals surface area contributed by atoms with Gasteiger partial charge < -0.3 is 10.0 Å². The van der Waals surface area contributed by atoms with Crippen molar-refractivity contribution >= 4 is 5.91 Å². The lowest BCUT2D eigenvalue weighted by atomic mass is 10.1. The van der Waals surface area contributed by atoms with E-state index in [2.05, 4.69) is 24.0 Å². The Labute approximate surface area is 127 Å². The minimum atomic E-state index is 0.0922. The van der Waals surface area contributed by atoms with Crippen LogP contribution in [-0.2, 0) is 4.79 Å². The number of carbonyl (C=O) groups excluding carboxylic acids is 1. The Morgan fingerprint density at radius 2 is 2.14 bits per heavy atom. The number of benzene rings is 1. The largest absolute Gasteiger partial charge is 0.396 e. The van der Waals surface area contributed by atoms with Crippen molar-refractivity contribution in [3.05, 3.63) is 35.9 Å². The van der Waals surface area contributed by atoms with Crippen LogP contribution in [0.4, 0.5) is 0 Å². The van der Waals surface area contributed by atoms with Crippen LogP contribution in [0.1, 0.15) is 31.4 Å². The molecule has 2 atom stereocenters. The minimum absolute atomic E-state index is 0.0922. The minimum Gasteiger partial charge on any atom is -0.396 e. The molecule has 1 aliphatic rings. The second-order valence-electron chi connectivity index (χ2n) is 5.99. The van der Waals surface area contributed by atoms with Gasteiger partial charge in [0.2, 0.25) is 5.91 Å². The first-order chi connectivity index (χ1) is 10.1. The highest BCUT2D eigenvalue weighted by molar-refractivity contribution is 5.78. The Balaban J connectivity index is 1.86. The second kappa shape index (κ2) is 7.57. The van der Waals surface area contributed by atoms with Gasteiger partial charge >= 0.3 is 0 Å². The number of rotatable bonds is 6. The number of likely N-dealkylation sites (N-methyl/N-ethyl adjacent to an activating group) is 1. The quantitative estimate of drug-likeness (QED) is 0.870. The van der Waals surface area contributed by atoms with Crippen LogP contribution in [0.25, 0.3) is 0 Å². The van der Waals surface area contributed by atoms with Gasteiger partial charge in [0.1, 0.15) is 0 Å². The number of nitrogens with zero attached hydrogens (tertiary/aromatic N) is 2. The van der Waals surface area contributed by atoms with E-state index < -0.39 is 0 Å². The zero-order chi connectivity index (χ0) is 15.2. The molecule has 0 saturated carbocycles. The fourth-order valence-electron chi connectivity index (χ4n) is 2.95. The van der Waals surface area contributed by atoms with Gasteiger partial charge in [-0.25, -0.2) is 0 Å². The number of likely N-dealkylation sites (tertiary alicyclic amines) is 1. The van der Waals surface area contributed by atoms with E-state index in [1.807, 2.05) is 30.1 Å². The van der Waals surface area contributed by atoms with E-state index >= 15 is 0 Å². The lowest BCUT2D eigenvalue weighted by Gasteiger charge is -2.27. The molecule has 1 aromatic rings. The van der Waals surface area contributed by atoms with Crippen molar-refractivity contribution in [3.8, 4) is 0 Å². The molecule has 21 heavy (non-hydrogen) atoms. The maximum absolute atomic E-state index is 12.4. The fourth-order valence-corrected chi connectivity index (χ4v) is 2.95. The van der Waals surface area contributed by atoms with Gasteiger partial charge in [0, 0.05) is 20.2 Å². The molecule has 2 unspecified atom stereocenters. The highest BCUT2D eigenvalue weighted by atomic mass is 16.3. The average molecular weight is 290 g/mol. The lowest BCUT2D eigenvalue weighted by molar-refractivity contribution is -0.132. The van der Waals surface area contributed by atoms with Crippen molar-refractivity contribution in [1.29, 1.82) is 0 Å². The number of amides is 1. The highest BCUT2D eigenvalue weighted by Crippen LogP contribution is 2.21. The first-order valence-corrected chi connectivity index (χ1v) is 7.75. The van der Waals surface area contributed by atoms with Crippen molar-refractivity contribution in [2.45, 2.75) is 25.8 Å². The van der Waals surface area contributed by atoms with Gasteiger partial charge in [-0.15, -0.1) is 0 Å². The number of hydrogen-bond acceptors (Lipinski definition) is 3. The molecule has 1 fully saturated rings. The van der Waals surface area contributed by atoms with Gasteiger partial charge in [0.05, 0.1) is 12.6 Å². The Morgan fingerprint density at radius 1 is 1.43 bits per heavy atom. The molecule has 0 spiro atoms. The summed E-state index contributed by atoms with van der Waals surface area (Å²) in [7, 11) is 1.88. The second-order valence-corrected chi connectivity index (χ2v) is 5.99. The molecule has 0 radical (unpaired) electrons. The molecule has 0 aliphatic carbocycles. The normalized spacial score (nSPS) is 20.4. The van der Waals surface area contributed by atoms with Crippen molar-refractivity contribution in [2.75, 3.05) is 33.3 Å². The molecule has 0 bridgehead atoms. The van der Waals surface area contributed by atoms with Crippen LogP contribution in [-0.4, -0.2) is 54.1 Å². The summed E-state index contributed by atoms with van der Waals surface area (Å²) in [5.41, 5.74) is 1.16. The van der Waals surface area contributed by atoms with E-state index in [4.69, 9.17) is 5.11 Å². The fraction of sp³-hybridized carbons (Fsp3) is 0.588. The average Bonchev–Trinajstić information content (AvgIpc) is 2.94. The van der Waals surface area contributed by atoms with Crippen LogP contribution >= 0.6 is 0 Å². The Morgan fingerprint density at radius 3 is 2.81 bits per heavy atom. The van der Waals surface area contributed by atoms with Crippen molar-refractivity contribution in [1.82, 2.24) is 9.80 Å². The molecule has 4 heteroatoms. The van der Waals surface area contributed by atoms with Crippen LogP contribution in [0.15, 0.2) is 30.3 Å². The van der Waals surface area contributed by atoms with Crippen LogP contribution in [0.3, 0.4) is 0 Å². The summed E-state index contributed by atoms with van der Waals surface area (Å²) in [6.07, 6.45) is 1.94. The van der Waals surface area contributed by atoms with Crippen molar-refractivity contribution in [3.63, 3.8) is 0 Å². The molecule has 1 aliphatic heterocycles. The highest BCUT2D eigenvalue weighted by Gasteiger charge is 2.26. The van der Waals surface area contributed by atoms with E-state index in [0.29, 0.717) is 12.5 Å². The summed E-state index contributed by atoms with van der Waals surface area (Å²) in [6, 6.07) is 10.2. The lowest BCUT2D eigenvalue weighted by Crippen LogP contribution is -2.38. The van der Waals surface area contributed by atoms with Crippen LogP contribution in [0.2, 0.25) is 0 Å². The first-order valence-electron chi connectivity index (χ1n) is 7.75. The predicted octanol–water partition coefficient (Wildman–Crippen LogP) is 1.91. The van der Waals surface area contributed by atoms with E-state index in [-0.39, 0.29) is 18.6 Å². The molecule has 1 heterocycles. The molecular formula is C17H26N2O2. The Hall–Kier alpha value is -1.39. The van der Waals surface area contributed by atoms with Crippen LogP contribution in [0.5, 0.6) is 0 Å². The van der Waals surface area contributed by atoms with Gasteiger partial charge in [-0.1, -0.05) is 30.3 Å². The van der Waals surface area contributed by atoms with Gasteiger partial charge in [0.15, 0.2) is 0 Å². The van der Waals surface area contributed by atoms with E-state index in [9.17, 15) is 4.79 Å². The summed E-state index contributed by atoms with van der Waals surface area (Å²) in [4.78, 5) is 16.4. The Kier molecular flexibility index (Phi) is 5.76. The predicted molar refractivity (Wildman–Crippen MR) is 83.9 cm³/mol. The molecule has 1 amide bonds. The molecular weight excluding hydrogens is 264 g/mol. The molecule has 116 valence electrons. The van der Waals surface area contributed by atoms with Crippen molar-refractivity contribution < 1.29 is 9.90 Å². The SMILES string of the molecule is CC(c1ccccc1)N(C)C(=O)CN1CCC(CCO)C1. The summed E-state index contributed by atoms with van der Waals surface area (Å²) in [5.74, 6) is 0.704. The maximum Gasteiger partial charge on any atom is 0.236 e. The van der Waals surface area contributed by atoms with Gasteiger partial charge in [-0.2, -0.15) is 0 Å². The van der Waals surface area contributed by atoms with Crippen LogP contribution in [0, 0.1) is 5.92 Å². The third-order valence-corrected chi connectivity index (χ3v) is 4.52. The smallest absolute Gasteiger partial charge is 0.236 e. The molecule has 4 nitrogen and oxygen atoms in total. The summed E-state index contributed by atoms with van der Waals surface area (Å²) in [5, 5.41) is 8.99. The van der Waals surface area contributed by atoms with E-state index in [1.165, 1.54) is 0 Å². The number of aliphatic hydroxyl groups is 1. The molecule has 1 N–H and O–H groups in total. The zero-order valence-electron chi connectivity index (χ0n) is 13.0. The molecule has 1 aromatic carbocycles. The van der Waals surface area contributed by atoms with Gasteiger partial charge in [0.25, 0.3) is 0 Å². The number of aliphatic hydroxyl groups excluding tert-OH is 1. The topological polar surface area (TPSA) is 43.8 Å². The molecule has 1 saturated heterocycles. The third-order valence-electron chi connectivity index (χ3n) is 4.52. The Bertz CT molecular complexity index is 449. The third kappa shape index (κ3) is 4.29. The van der Waals surface area contributed by atoms with Crippen molar-refractivity contribution in [2.24, 2.45) is 5.92 Å². The van der Waals surface area contributed by atoms with E-state index in [0.717, 1.165) is 31.5 Å². The molecule has 0 aromatic heterocycles. The summed E-state index contributed by atoms with van der Waals surface area (Å²) < 4.78 is 0. The van der Waals surface area contributed by atoms with Gasteiger partial charge in [-0.3, -0.25) is 9.69 Å². The van der Waals surface area contributed by atoms with E-state index in [1.54, 1.807) is 0 Å². The standard InChI is InChI=1S/C17H26N2O2/c1-14(16-6-4-3-5-7-16)18(2)17(21)13-19-10-8-15(12-19)9-11-20/h3-7,14-15,20H,8-13H2,1-2H3. The summed E-state index contributed by atoms with van der Waals surface area (Å²) >= 11 is 0. The van der Waals surface area contributed by atoms with Gasteiger partial charge in [-0.05, 0) is 37.8 Å². The molecule has 2 rings (SSSR count). The zero-order valence-corrected chi connectivity index (χ0v) is 13.0.